The standard InChI is InChI=1S/C11H16ClNOS/c1-14-11-4-3-9(12)5-8(11)6-10(13)7-15-2/h3-5,10H,6-7,13H2,1-2H3. The summed E-state index contributed by atoms with van der Waals surface area (Å²) < 4.78 is 5.26. The van der Waals surface area contributed by atoms with Crippen molar-refractivity contribution < 1.29 is 4.74 Å². The van der Waals surface area contributed by atoms with Crippen LogP contribution < -0.4 is 10.5 Å². The van der Waals surface area contributed by atoms with E-state index in [1.807, 2.05) is 18.2 Å². The molecule has 2 nitrogen and oxygen atoms in total. The molecular formula is C11H16ClNOS. The maximum atomic E-state index is 5.97. The first-order valence-corrected chi connectivity index (χ1v) is 6.51. The summed E-state index contributed by atoms with van der Waals surface area (Å²) in [6.07, 6.45) is 2.85. The first-order chi connectivity index (χ1) is 7.17. The van der Waals surface area contributed by atoms with Crippen LogP contribution in [0.4, 0.5) is 0 Å². The monoisotopic (exact) mass is 245 g/mol. The summed E-state index contributed by atoms with van der Waals surface area (Å²) in [7, 11) is 1.66. The third-order valence-electron chi connectivity index (χ3n) is 2.11. The maximum absolute atomic E-state index is 5.97. The van der Waals surface area contributed by atoms with Crippen LogP contribution in [0.5, 0.6) is 5.75 Å². The second-order valence-corrected chi connectivity index (χ2v) is 4.72. The van der Waals surface area contributed by atoms with E-state index in [0.29, 0.717) is 0 Å². The van der Waals surface area contributed by atoms with Gasteiger partial charge in [-0.3, -0.25) is 0 Å². The van der Waals surface area contributed by atoms with E-state index in [1.165, 1.54) is 0 Å². The van der Waals surface area contributed by atoms with Crippen LogP contribution in [0.1, 0.15) is 5.56 Å². The smallest absolute Gasteiger partial charge is 0.122 e. The molecule has 1 rings (SSSR count). The van der Waals surface area contributed by atoms with Crippen LogP contribution in [0.15, 0.2) is 18.2 Å². The number of hydrogen-bond donors (Lipinski definition) is 1. The van der Waals surface area contributed by atoms with E-state index >= 15 is 0 Å². The predicted octanol–water partition coefficient (Wildman–Crippen LogP) is 2.58. The highest BCUT2D eigenvalue weighted by atomic mass is 35.5. The highest BCUT2D eigenvalue weighted by Crippen LogP contribution is 2.23. The molecule has 0 spiro atoms. The van der Waals surface area contributed by atoms with Gasteiger partial charge in [-0.15, -0.1) is 0 Å². The third kappa shape index (κ3) is 3.93. The van der Waals surface area contributed by atoms with Gasteiger partial charge in [-0.25, -0.2) is 0 Å². The van der Waals surface area contributed by atoms with Crippen LogP contribution in [-0.4, -0.2) is 25.2 Å². The van der Waals surface area contributed by atoms with E-state index in [2.05, 4.69) is 6.26 Å². The zero-order chi connectivity index (χ0) is 11.3. The summed E-state index contributed by atoms with van der Waals surface area (Å²) in [5, 5.41) is 0.724. The fourth-order valence-corrected chi connectivity index (χ4v) is 2.20. The zero-order valence-electron chi connectivity index (χ0n) is 9.00. The minimum atomic E-state index is 0.146. The number of hydrogen-bond acceptors (Lipinski definition) is 3. The highest BCUT2D eigenvalue weighted by molar-refractivity contribution is 7.98. The summed E-state index contributed by atoms with van der Waals surface area (Å²) >= 11 is 7.68. The number of nitrogens with two attached hydrogens (primary N) is 1. The van der Waals surface area contributed by atoms with Gasteiger partial charge in [-0.2, -0.15) is 11.8 Å². The molecular weight excluding hydrogens is 230 g/mol. The number of benzene rings is 1. The molecule has 0 aliphatic rings. The van der Waals surface area contributed by atoms with Crippen LogP contribution in [0.2, 0.25) is 5.02 Å². The Morgan fingerprint density at radius 2 is 2.27 bits per heavy atom. The Balaban J connectivity index is 2.77. The van der Waals surface area contributed by atoms with Gasteiger partial charge in [-0.05, 0) is 36.4 Å². The van der Waals surface area contributed by atoms with E-state index < -0.39 is 0 Å². The van der Waals surface area contributed by atoms with Crippen molar-refractivity contribution in [3.8, 4) is 5.75 Å². The molecule has 2 N–H and O–H groups in total. The molecule has 0 radical (unpaired) electrons. The van der Waals surface area contributed by atoms with Crippen LogP contribution in [-0.2, 0) is 6.42 Å². The molecule has 0 saturated carbocycles. The number of thioether (sulfide) groups is 1. The van der Waals surface area contributed by atoms with Crippen LogP contribution >= 0.6 is 23.4 Å². The second-order valence-electron chi connectivity index (χ2n) is 3.38. The van der Waals surface area contributed by atoms with Gasteiger partial charge in [0, 0.05) is 16.8 Å². The Bertz CT molecular complexity index is 319. The summed E-state index contributed by atoms with van der Waals surface area (Å²) in [6.45, 7) is 0. The molecule has 0 aliphatic heterocycles. The number of ether oxygens (including phenoxy) is 1. The second kappa shape index (κ2) is 6.26. The van der Waals surface area contributed by atoms with Crippen molar-refractivity contribution in [2.24, 2.45) is 5.73 Å². The molecule has 0 fully saturated rings. The molecule has 0 aromatic heterocycles. The lowest BCUT2D eigenvalue weighted by Gasteiger charge is -2.13. The number of halogens is 1. The SMILES string of the molecule is COc1ccc(Cl)cc1CC(N)CSC. The molecule has 0 amide bonds. The van der Waals surface area contributed by atoms with Gasteiger partial charge in [0.05, 0.1) is 7.11 Å². The Kier molecular flexibility index (Phi) is 5.29. The quantitative estimate of drug-likeness (QED) is 0.866. The fraction of sp³-hybridized carbons (Fsp3) is 0.455. The molecule has 1 aromatic rings. The average Bonchev–Trinajstić information content (AvgIpc) is 2.18. The van der Waals surface area contributed by atoms with Crippen LogP contribution in [0.25, 0.3) is 0 Å². The Morgan fingerprint density at radius 1 is 1.53 bits per heavy atom. The first kappa shape index (κ1) is 12.7. The molecule has 84 valence electrons. The van der Waals surface area contributed by atoms with Gasteiger partial charge < -0.3 is 10.5 Å². The first-order valence-electron chi connectivity index (χ1n) is 4.74. The lowest BCUT2D eigenvalue weighted by Crippen LogP contribution is -2.25. The maximum Gasteiger partial charge on any atom is 0.122 e. The average molecular weight is 246 g/mol. The summed E-state index contributed by atoms with van der Waals surface area (Å²) in [5.41, 5.74) is 7.05. The fourth-order valence-electron chi connectivity index (χ4n) is 1.46. The van der Waals surface area contributed by atoms with Crippen molar-refractivity contribution in [1.29, 1.82) is 0 Å². The highest BCUT2D eigenvalue weighted by Gasteiger charge is 2.08. The van der Waals surface area contributed by atoms with E-state index in [9.17, 15) is 0 Å². The number of rotatable bonds is 5. The minimum absolute atomic E-state index is 0.146. The molecule has 0 bridgehead atoms. The molecule has 1 aromatic carbocycles. The van der Waals surface area contributed by atoms with Crippen LogP contribution in [0, 0.1) is 0 Å². The third-order valence-corrected chi connectivity index (χ3v) is 3.10. The molecule has 0 aliphatic carbocycles. The molecule has 0 heterocycles. The molecule has 1 atom stereocenters. The number of methoxy groups -OCH3 is 1. The van der Waals surface area contributed by atoms with Crippen LogP contribution in [0.3, 0.4) is 0 Å². The Hall–Kier alpha value is -0.380. The lowest BCUT2D eigenvalue weighted by atomic mass is 10.1. The van der Waals surface area contributed by atoms with Gasteiger partial charge >= 0.3 is 0 Å². The van der Waals surface area contributed by atoms with Crippen molar-refractivity contribution in [1.82, 2.24) is 0 Å². The van der Waals surface area contributed by atoms with Gasteiger partial charge in [0.1, 0.15) is 5.75 Å². The largest absolute Gasteiger partial charge is 0.496 e. The molecule has 0 saturated heterocycles. The molecule has 4 heteroatoms. The summed E-state index contributed by atoms with van der Waals surface area (Å²) in [5.74, 6) is 1.80. The predicted molar refractivity (Wildman–Crippen MR) is 68.1 cm³/mol. The summed E-state index contributed by atoms with van der Waals surface area (Å²) in [6, 6.07) is 5.76. The van der Waals surface area contributed by atoms with Gasteiger partial charge in [0.25, 0.3) is 0 Å². The normalized spacial score (nSPS) is 12.5. The van der Waals surface area contributed by atoms with Crippen molar-refractivity contribution in [3.63, 3.8) is 0 Å². The van der Waals surface area contributed by atoms with E-state index in [4.69, 9.17) is 22.1 Å². The van der Waals surface area contributed by atoms with Crippen molar-refractivity contribution in [2.75, 3.05) is 19.1 Å². The van der Waals surface area contributed by atoms with Gasteiger partial charge in [-0.1, -0.05) is 11.6 Å². The van der Waals surface area contributed by atoms with E-state index in [0.717, 1.165) is 28.5 Å². The Morgan fingerprint density at radius 3 is 2.87 bits per heavy atom. The topological polar surface area (TPSA) is 35.2 Å². The van der Waals surface area contributed by atoms with E-state index in [-0.39, 0.29) is 6.04 Å². The minimum Gasteiger partial charge on any atom is -0.496 e. The van der Waals surface area contributed by atoms with Gasteiger partial charge in [0.15, 0.2) is 0 Å². The van der Waals surface area contributed by atoms with E-state index in [1.54, 1.807) is 18.9 Å². The Labute approximate surface area is 100 Å². The molecule has 1 unspecified atom stereocenters. The summed E-state index contributed by atoms with van der Waals surface area (Å²) in [4.78, 5) is 0. The van der Waals surface area contributed by atoms with Crippen molar-refractivity contribution in [3.05, 3.63) is 28.8 Å². The lowest BCUT2D eigenvalue weighted by molar-refractivity contribution is 0.408. The zero-order valence-corrected chi connectivity index (χ0v) is 10.6. The van der Waals surface area contributed by atoms with Crippen molar-refractivity contribution in [2.45, 2.75) is 12.5 Å². The van der Waals surface area contributed by atoms with Crippen molar-refractivity contribution >= 4 is 23.4 Å². The van der Waals surface area contributed by atoms with Gasteiger partial charge in [0.2, 0.25) is 0 Å². The molecule has 15 heavy (non-hydrogen) atoms.